The zero-order chi connectivity index (χ0) is 36.1. The number of anilines is 1. The maximum Gasteiger partial charge on any atom is 0.508 e. The van der Waals surface area contributed by atoms with Crippen LogP contribution in [0.3, 0.4) is 0 Å². The van der Waals surface area contributed by atoms with Crippen molar-refractivity contribution in [1.82, 2.24) is 19.4 Å². The monoisotopic (exact) mass is 751 g/mol. The molecule has 2 N–H and O–H groups in total. The number of rotatable bonds is 20. The molecule has 14 nitrogen and oxygen atoms in total. The second kappa shape index (κ2) is 19.4. The molecule has 1 aliphatic rings. The fourth-order valence-electron chi connectivity index (χ4n) is 5.23. The van der Waals surface area contributed by atoms with Crippen molar-refractivity contribution < 1.29 is 43.2 Å². The summed E-state index contributed by atoms with van der Waals surface area (Å²) in [6, 6.07) is 7.54. The van der Waals surface area contributed by atoms with Crippen LogP contribution in [0, 0.1) is 0 Å². The van der Waals surface area contributed by atoms with Crippen LogP contribution in [0.25, 0.3) is 21.9 Å². The van der Waals surface area contributed by atoms with E-state index < -0.39 is 23.1 Å². The number of aliphatic hydroxyl groups is 1. The van der Waals surface area contributed by atoms with Crippen molar-refractivity contribution in [1.29, 1.82) is 0 Å². The molecular weight excluding hydrogens is 707 g/mol. The number of carbonyl (C=O) groups excluding carboxylic acids is 4. The van der Waals surface area contributed by atoms with Crippen molar-refractivity contribution in [3.63, 3.8) is 0 Å². The number of hydrogen-bond acceptors (Lipinski definition) is 14. The zero-order valence-electron chi connectivity index (χ0n) is 28.6. The number of benzene rings is 1. The van der Waals surface area contributed by atoms with Gasteiger partial charge in [-0.3, -0.25) is 19.8 Å². The van der Waals surface area contributed by atoms with Gasteiger partial charge in [0, 0.05) is 36.5 Å². The molecule has 1 fully saturated rings. The molecule has 1 saturated heterocycles. The van der Waals surface area contributed by atoms with E-state index in [9.17, 15) is 24.3 Å². The summed E-state index contributed by atoms with van der Waals surface area (Å²) < 4.78 is 23.1. The number of nitrogens with one attached hydrogen (secondary N) is 1. The van der Waals surface area contributed by atoms with Gasteiger partial charge in [-0.15, -0.1) is 0 Å². The summed E-state index contributed by atoms with van der Waals surface area (Å²) >= 11 is 4.11. The highest BCUT2D eigenvalue weighted by atomic mass is 33.1. The molecule has 3 amide bonds. The molecule has 2 aromatic heterocycles. The van der Waals surface area contributed by atoms with Crippen LogP contribution in [0.1, 0.15) is 58.7 Å². The largest absolute Gasteiger partial charge is 0.508 e. The lowest BCUT2D eigenvalue weighted by Gasteiger charge is -2.20. The lowest BCUT2D eigenvalue weighted by atomic mass is 10.1. The van der Waals surface area contributed by atoms with E-state index in [0.29, 0.717) is 54.4 Å². The first kappa shape index (κ1) is 39.5. The van der Waals surface area contributed by atoms with Gasteiger partial charge in [0.2, 0.25) is 11.8 Å². The smallest absolute Gasteiger partial charge is 0.448 e. The summed E-state index contributed by atoms with van der Waals surface area (Å²) in [5.41, 5.74) is 0.832. The molecule has 0 spiro atoms. The lowest BCUT2D eigenvalue weighted by Crippen LogP contribution is -2.31. The topological polar surface area (TPSA) is 171 Å². The van der Waals surface area contributed by atoms with Crippen LogP contribution in [0.2, 0.25) is 0 Å². The van der Waals surface area contributed by atoms with E-state index in [1.807, 2.05) is 35.8 Å². The summed E-state index contributed by atoms with van der Waals surface area (Å²) in [6.45, 7) is 7.28. The van der Waals surface area contributed by atoms with Crippen molar-refractivity contribution >= 4 is 86.0 Å². The Kier molecular flexibility index (Phi) is 15.3. The van der Waals surface area contributed by atoms with Crippen molar-refractivity contribution in [3.8, 4) is 0 Å². The molecule has 50 heavy (non-hydrogen) atoms. The second-order valence-corrected chi connectivity index (χ2v) is 15.4. The average Bonchev–Trinajstić information content (AvgIpc) is 3.54. The van der Waals surface area contributed by atoms with E-state index in [0.717, 1.165) is 23.7 Å². The highest BCUT2D eigenvalue weighted by Gasteiger charge is 2.35. The van der Waals surface area contributed by atoms with Crippen molar-refractivity contribution in [2.24, 2.45) is 0 Å². The minimum Gasteiger partial charge on any atom is -0.448 e. The van der Waals surface area contributed by atoms with Crippen LogP contribution >= 0.6 is 34.2 Å². The fourth-order valence-corrected chi connectivity index (χ4v) is 7.18. The molecule has 0 bridgehead atoms. The summed E-state index contributed by atoms with van der Waals surface area (Å²) in [6.07, 6.45) is 1.73. The number of imide groups is 1. The number of amides is 3. The van der Waals surface area contributed by atoms with Gasteiger partial charge in [0.05, 0.1) is 35.0 Å². The second-order valence-electron chi connectivity index (χ2n) is 12.1. The molecule has 0 aliphatic carbocycles. The maximum atomic E-state index is 12.8. The third-order valence-corrected chi connectivity index (χ3v) is 10.2. The molecule has 1 atom stereocenters. The van der Waals surface area contributed by atoms with Gasteiger partial charge in [0.25, 0.3) is 0 Å². The normalized spacial score (nSPS) is 14.9. The number of nitrogens with zero attached hydrogens (tertiary/aromatic N) is 4. The van der Waals surface area contributed by atoms with Gasteiger partial charge in [0.1, 0.15) is 31.2 Å². The maximum absolute atomic E-state index is 12.8. The Balaban J connectivity index is 1.12. The Morgan fingerprint density at radius 1 is 1.02 bits per heavy atom. The molecule has 3 heterocycles. The predicted octanol–water partition coefficient (Wildman–Crippen LogP) is 5.59. The van der Waals surface area contributed by atoms with E-state index in [1.165, 1.54) is 26.5 Å². The SMILES string of the molecule is CCOCc1nc2c(NC(=O)OCCSSCCOC(=O)OCCCCCCN3C(=O)CC(S)C3=O)nc3ccccc3c2n1CC(C)(C)O. The summed E-state index contributed by atoms with van der Waals surface area (Å²) in [5, 5.41) is 13.7. The number of thiol groups is 1. The van der Waals surface area contributed by atoms with Gasteiger partial charge in [-0.25, -0.2) is 19.6 Å². The number of likely N-dealkylation sites (tertiary alicyclic amines) is 1. The van der Waals surface area contributed by atoms with Gasteiger partial charge >= 0.3 is 12.2 Å². The Morgan fingerprint density at radius 3 is 2.42 bits per heavy atom. The molecule has 1 aromatic carbocycles. The first-order valence-corrected chi connectivity index (χ1v) is 19.6. The third kappa shape index (κ3) is 11.6. The van der Waals surface area contributed by atoms with Crippen LogP contribution in [-0.2, 0) is 41.7 Å². The van der Waals surface area contributed by atoms with E-state index in [2.05, 4.69) is 22.9 Å². The highest BCUT2D eigenvalue weighted by Crippen LogP contribution is 2.32. The van der Waals surface area contributed by atoms with Crippen molar-refractivity contribution in [2.75, 3.05) is 49.8 Å². The molecule has 17 heteroatoms. The summed E-state index contributed by atoms with van der Waals surface area (Å²) in [7, 11) is 2.95. The Hall–Kier alpha value is -3.25. The highest BCUT2D eigenvalue weighted by molar-refractivity contribution is 8.76. The molecular formula is C33H45N5O9S3. The molecule has 1 unspecified atom stereocenters. The van der Waals surface area contributed by atoms with Crippen molar-refractivity contribution in [2.45, 2.75) is 76.9 Å². The minimum absolute atomic E-state index is 0.145. The van der Waals surface area contributed by atoms with Crippen LogP contribution in [-0.4, -0.2) is 104 Å². The van der Waals surface area contributed by atoms with Crippen LogP contribution < -0.4 is 5.32 Å². The van der Waals surface area contributed by atoms with E-state index >= 15 is 0 Å². The number of pyridine rings is 1. The first-order chi connectivity index (χ1) is 24.0. The molecule has 1 aliphatic heterocycles. The van der Waals surface area contributed by atoms with Crippen LogP contribution in [0.15, 0.2) is 24.3 Å². The number of imidazole rings is 1. The van der Waals surface area contributed by atoms with E-state index in [1.54, 1.807) is 13.8 Å². The Labute approximate surface area is 304 Å². The molecule has 4 rings (SSSR count). The molecule has 274 valence electrons. The van der Waals surface area contributed by atoms with Crippen LogP contribution in [0.5, 0.6) is 0 Å². The number of ether oxygens (including phenoxy) is 4. The Bertz CT molecular complexity index is 1630. The average molecular weight is 752 g/mol. The number of aromatic nitrogens is 3. The molecule has 3 aromatic rings. The first-order valence-electron chi connectivity index (χ1n) is 16.6. The van der Waals surface area contributed by atoms with Gasteiger partial charge < -0.3 is 28.6 Å². The minimum atomic E-state index is -1.03. The third-order valence-electron chi connectivity index (χ3n) is 7.45. The number of unbranched alkanes of at least 4 members (excludes halogenated alkanes) is 3. The number of hydrogen-bond donors (Lipinski definition) is 3. The summed E-state index contributed by atoms with van der Waals surface area (Å²) in [5.74, 6) is 1.50. The van der Waals surface area contributed by atoms with E-state index in [4.69, 9.17) is 23.9 Å². The molecule has 0 saturated carbocycles. The fraction of sp³-hybridized carbons (Fsp3) is 0.576. The van der Waals surface area contributed by atoms with Gasteiger partial charge in [0.15, 0.2) is 5.82 Å². The van der Waals surface area contributed by atoms with Gasteiger partial charge in [-0.2, -0.15) is 12.6 Å². The van der Waals surface area contributed by atoms with E-state index in [-0.39, 0.29) is 57.0 Å². The predicted molar refractivity (Wildman–Crippen MR) is 196 cm³/mol. The zero-order valence-corrected chi connectivity index (χ0v) is 31.1. The molecule has 0 radical (unpaired) electrons. The Morgan fingerprint density at radius 2 is 1.72 bits per heavy atom. The standard InChI is InChI=1S/C33H45N5O9S3/c1-4-44-20-25-35-27-28(38(25)21-33(2,3)43)22-11-7-8-12-23(22)34-29(27)36-31(41)45-15-17-49-50-18-16-47-32(42)46-14-10-6-5-9-13-37-26(39)19-24(48)30(37)40/h7-8,11-12,24,43,48H,4-6,9-10,13-21H2,1-3H3,(H,34,36,41). The van der Waals surface area contributed by atoms with Gasteiger partial charge in [-0.05, 0) is 46.1 Å². The number of para-hydroxylation sites is 1. The van der Waals surface area contributed by atoms with Crippen molar-refractivity contribution in [3.05, 3.63) is 30.1 Å². The van der Waals surface area contributed by atoms with Gasteiger partial charge in [-0.1, -0.05) is 46.2 Å². The quantitative estimate of drug-likeness (QED) is 0.0429. The number of fused-ring (bicyclic) bond motifs is 3. The summed E-state index contributed by atoms with van der Waals surface area (Å²) in [4.78, 5) is 58.9. The lowest BCUT2D eigenvalue weighted by molar-refractivity contribution is -0.138. The van der Waals surface area contributed by atoms with Crippen LogP contribution in [0.4, 0.5) is 15.4 Å². The number of carbonyl (C=O) groups is 4.